The standard InChI is InChI=1S/C13H17N5O2/c1-9(2)18-11(5-6-15-18)16-12(19)8-17-7-10(14)3-4-13(17)20/h3-7,9H,8,14H2,1-2H3,(H,16,19). The molecule has 2 aromatic heterocycles. The third-order valence-electron chi connectivity index (χ3n) is 2.75. The number of nitrogen functional groups attached to an aromatic ring is 1. The van der Waals surface area contributed by atoms with Gasteiger partial charge in [0.25, 0.3) is 5.56 Å². The van der Waals surface area contributed by atoms with Crippen molar-refractivity contribution >= 4 is 17.4 Å². The van der Waals surface area contributed by atoms with Crippen LogP contribution < -0.4 is 16.6 Å². The maximum Gasteiger partial charge on any atom is 0.251 e. The van der Waals surface area contributed by atoms with Gasteiger partial charge in [-0.05, 0) is 19.9 Å². The van der Waals surface area contributed by atoms with Crippen molar-refractivity contribution in [3.8, 4) is 0 Å². The third kappa shape index (κ3) is 3.05. The van der Waals surface area contributed by atoms with Gasteiger partial charge in [0.2, 0.25) is 5.91 Å². The first kappa shape index (κ1) is 13.9. The van der Waals surface area contributed by atoms with E-state index >= 15 is 0 Å². The molecule has 0 fully saturated rings. The molecule has 2 rings (SSSR count). The largest absolute Gasteiger partial charge is 0.398 e. The van der Waals surface area contributed by atoms with E-state index in [1.807, 2.05) is 13.8 Å². The summed E-state index contributed by atoms with van der Waals surface area (Å²) in [5.41, 5.74) is 5.76. The fraction of sp³-hybridized carbons (Fsp3) is 0.308. The molecule has 0 unspecified atom stereocenters. The number of hydrogen-bond acceptors (Lipinski definition) is 4. The summed E-state index contributed by atoms with van der Waals surface area (Å²) in [5.74, 6) is 0.294. The Kier molecular flexibility index (Phi) is 3.88. The minimum atomic E-state index is -0.305. The van der Waals surface area contributed by atoms with E-state index in [-0.39, 0.29) is 24.1 Å². The molecule has 1 amide bonds. The molecular formula is C13H17N5O2. The first-order valence-electron chi connectivity index (χ1n) is 6.26. The number of rotatable bonds is 4. The maximum atomic E-state index is 12.0. The Morgan fingerprint density at radius 3 is 2.85 bits per heavy atom. The first-order chi connectivity index (χ1) is 9.47. The predicted molar refractivity (Wildman–Crippen MR) is 76.4 cm³/mol. The molecule has 2 aromatic rings. The van der Waals surface area contributed by atoms with Gasteiger partial charge in [-0.1, -0.05) is 0 Å². The summed E-state index contributed by atoms with van der Waals surface area (Å²) >= 11 is 0. The Hall–Kier alpha value is -2.57. The molecular weight excluding hydrogens is 258 g/mol. The summed E-state index contributed by atoms with van der Waals surface area (Å²) in [6, 6.07) is 4.68. The van der Waals surface area contributed by atoms with Gasteiger partial charge in [0.1, 0.15) is 12.4 Å². The molecule has 3 N–H and O–H groups in total. The highest BCUT2D eigenvalue weighted by Gasteiger charge is 2.10. The average Bonchev–Trinajstić information content (AvgIpc) is 2.82. The number of hydrogen-bond donors (Lipinski definition) is 2. The van der Waals surface area contributed by atoms with Gasteiger partial charge in [-0.15, -0.1) is 0 Å². The number of nitrogens with one attached hydrogen (secondary N) is 1. The molecule has 0 saturated carbocycles. The number of nitrogens with two attached hydrogens (primary N) is 1. The van der Waals surface area contributed by atoms with Crippen LogP contribution in [-0.2, 0) is 11.3 Å². The summed E-state index contributed by atoms with van der Waals surface area (Å²) in [6.45, 7) is 3.84. The number of nitrogens with zero attached hydrogens (tertiary/aromatic N) is 3. The van der Waals surface area contributed by atoms with E-state index in [0.29, 0.717) is 11.5 Å². The lowest BCUT2D eigenvalue weighted by Gasteiger charge is -2.12. The SMILES string of the molecule is CC(C)n1nccc1NC(=O)Cn1cc(N)ccc1=O. The van der Waals surface area contributed by atoms with Crippen LogP contribution in [0.15, 0.2) is 35.4 Å². The third-order valence-corrected chi connectivity index (χ3v) is 2.75. The Balaban J connectivity index is 2.11. The van der Waals surface area contributed by atoms with Gasteiger partial charge in [0.05, 0.1) is 6.20 Å². The van der Waals surface area contributed by atoms with Crippen LogP contribution in [-0.4, -0.2) is 20.3 Å². The Labute approximate surface area is 116 Å². The van der Waals surface area contributed by atoms with Crippen molar-refractivity contribution in [2.24, 2.45) is 0 Å². The normalized spacial score (nSPS) is 10.8. The molecule has 0 saturated heterocycles. The van der Waals surface area contributed by atoms with Crippen molar-refractivity contribution < 1.29 is 4.79 Å². The van der Waals surface area contributed by atoms with Crippen LogP contribution in [0, 0.1) is 0 Å². The highest BCUT2D eigenvalue weighted by molar-refractivity contribution is 5.89. The second-order valence-electron chi connectivity index (χ2n) is 4.73. The van der Waals surface area contributed by atoms with Crippen molar-refractivity contribution in [1.29, 1.82) is 0 Å². The van der Waals surface area contributed by atoms with Crippen LogP contribution in [0.5, 0.6) is 0 Å². The summed E-state index contributed by atoms with van der Waals surface area (Å²) in [7, 11) is 0. The second-order valence-corrected chi connectivity index (χ2v) is 4.73. The fourth-order valence-electron chi connectivity index (χ4n) is 1.84. The predicted octanol–water partition coefficient (Wildman–Crippen LogP) is 0.847. The van der Waals surface area contributed by atoms with Crippen molar-refractivity contribution in [3.05, 3.63) is 40.9 Å². The molecule has 106 valence electrons. The van der Waals surface area contributed by atoms with E-state index in [1.54, 1.807) is 16.9 Å². The topological polar surface area (TPSA) is 94.9 Å². The Morgan fingerprint density at radius 2 is 2.15 bits per heavy atom. The molecule has 0 aliphatic carbocycles. The zero-order valence-electron chi connectivity index (χ0n) is 11.4. The zero-order valence-corrected chi connectivity index (χ0v) is 11.4. The van der Waals surface area contributed by atoms with Crippen LogP contribution in [0.2, 0.25) is 0 Å². The molecule has 0 aliphatic rings. The van der Waals surface area contributed by atoms with E-state index in [2.05, 4.69) is 10.4 Å². The molecule has 0 radical (unpaired) electrons. The lowest BCUT2D eigenvalue weighted by Crippen LogP contribution is -2.27. The summed E-state index contributed by atoms with van der Waals surface area (Å²) < 4.78 is 2.96. The summed E-state index contributed by atoms with van der Waals surface area (Å²) in [6.07, 6.45) is 3.06. The molecule has 7 nitrogen and oxygen atoms in total. The molecule has 7 heteroatoms. The van der Waals surface area contributed by atoms with Gasteiger partial charge in [0, 0.05) is 30.1 Å². The molecule has 0 aromatic carbocycles. The minimum absolute atomic E-state index is 0.0901. The number of pyridine rings is 1. The van der Waals surface area contributed by atoms with Gasteiger partial charge >= 0.3 is 0 Å². The van der Waals surface area contributed by atoms with Crippen LogP contribution in [0.25, 0.3) is 0 Å². The number of aromatic nitrogens is 3. The number of carbonyl (C=O) groups excluding carboxylic acids is 1. The second kappa shape index (κ2) is 5.60. The lowest BCUT2D eigenvalue weighted by atomic mass is 10.4. The van der Waals surface area contributed by atoms with Gasteiger partial charge in [-0.2, -0.15) is 5.10 Å². The van der Waals surface area contributed by atoms with E-state index in [9.17, 15) is 9.59 Å². The van der Waals surface area contributed by atoms with Gasteiger partial charge < -0.3 is 15.6 Å². The first-order valence-corrected chi connectivity index (χ1v) is 6.26. The molecule has 0 spiro atoms. The highest BCUT2D eigenvalue weighted by Crippen LogP contribution is 2.12. The Bertz CT molecular complexity index is 671. The molecule has 0 bridgehead atoms. The number of amides is 1. The Morgan fingerprint density at radius 1 is 1.40 bits per heavy atom. The smallest absolute Gasteiger partial charge is 0.251 e. The zero-order chi connectivity index (χ0) is 14.7. The van der Waals surface area contributed by atoms with Crippen LogP contribution in [0.3, 0.4) is 0 Å². The van der Waals surface area contributed by atoms with Crippen LogP contribution >= 0.6 is 0 Å². The highest BCUT2D eigenvalue weighted by atomic mass is 16.2. The quantitative estimate of drug-likeness (QED) is 0.864. The molecule has 0 atom stereocenters. The van der Waals surface area contributed by atoms with E-state index in [4.69, 9.17) is 5.73 Å². The van der Waals surface area contributed by atoms with Crippen LogP contribution in [0.4, 0.5) is 11.5 Å². The van der Waals surface area contributed by atoms with Crippen molar-refractivity contribution in [2.45, 2.75) is 26.4 Å². The molecule has 2 heterocycles. The van der Waals surface area contributed by atoms with Crippen molar-refractivity contribution in [1.82, 2.24) is 14.3 Å². The average molecular weight is 275 g/mol. The van der Waals surface area contributed by atoms with E-state index in [1.165, 1.54) is 22.9 Å². The van der Waals surface area contributed by atoms with Crippen LogP contribution in [0.1, 0.15) is 19.9 Å². The lowest BCUT2D eigenvalue weighted by molar-refractivity contribution is -0.116. The summed E-state index contributed by atoms with van der Waals surface area (Å²) in [4.78, 5) is 23.6. The van der Waals surface area contributed by atoms with E-state index in [0.717, 1.165) is 0 Å². The van der Waals surface area contributed by atoms with Crippen molar-refractivity contribution in [3.63, 3.8) is 0 Å². The number of carbonyl (C=O) groups is 1. The fourth-order valence-corrected chi connectivity index (χ4v) is 1.84. The molecule has 0 aliphatic heterocycles. The van der Waals surface area contributed by atoms with Gasteiger partial charge in [-0.25, -0.2) is 4.68 Å². The summed E-state index contributed by atoms with van der Waals surface area (Å²) in [5, 5.41) is 6.85. The van der Waals surface area contributed by atoms with E-state index < -0.39 is 0 Å². The number of anilines is 2. The molecule has 20 heavy (non-hydrogen) atoms. The van der Waals surface area contributed by atoms with Gasteiger partial charge in [0.15, 0.2) is 0 Å². The van der Waals surface area contributed by atoms with Crippen molar-refractivity contribution in [2.75, 3.05) is 11.1 Å². The monoisotopic (exact) mass is 275 g/mol. The van der Waals surface area contributed by atoms with Gasteiger partial charge in [-0.3, -0.25) is 9.59 Å². The minimum Gasteiger partial charge on any atom is -0.398 e. The maximum absolute atomic E-state index is 12.0.